The fraction of sp³-hybridized carbons (Fsp3) is 0.208. The van der Waals surface area contributed by atoms with Crippen molar-refractivity contribution < 1.29 is 22.7 Å². The van der Waals surface area contributed by atoms with Gasteiger partial charge in [0.25, 0.3) is 15.9 Å². The second-order valence-corrected chi connectivity index (χ2v) is 8.81. The number of carbonyl (C=O) groups excluding carboxylic acids is 1. The molecule has 168 valence electrons. The zero-order valence-electron chi connectivity index (χ0n) is 18.2. The lowest BCUT2D eigenvalue weighted by Crippen LogP contribution is -2.28. The maximum atomic E-state index is 13.0. The first-order chi connectivity index (χ1) is 15.3. The Kier molecular flexibility index (Phi) is 7.37. The molecule has 0 saturated carbocycles. The molecule has 3 aromatic rings. The van der Waals surface area contributed by atoms with Crippen molar-refractivity contribution in [1.82, 2.24) is 5.32 Å². The molecule has 3 aromatic carbocycles. The molecule has 0 radical (unpaired) electrons. The largest absolute Gasteiger partial charge is 0.495 e. The molecule has 8 heteroatoms. The van der Waals surface area contributed by atoms with Crippen LogP contribution >= 0.6 is 0 Å². The topological polar surface area (TPSA) is 93.7 Å². The summed E-state index contributed by atoms with van der Waals surface area (Å²) < 4.78 is 39.4. The van der Waals surface area contributed by atoms with Gasteiger partial charge >= 0.3 is 0 Å². The molecule has 1 amide bonds. The van der Waals surface area contributed by atoms with E-state index >= 15 is 0 Å². The van der Waals surface area contributed by atoms with Crippen molar-refractivity contribution in [3.63, 3.8) is 0 Å². The highest BCUT2D eigenvalue weighted by Gasteiger charge is 2.20. The van der Waals surface area contributed by atoms with Crippen LogP contribution in [0.4, 0.5) is 5.69 Å². The molecule has 0 bridgehead atoms. The van der Waals surface area contributed by atoms with Crippen molar-refractivity contribution in [3.8, 4) is 11.5 Å². The molecule has 2 N–H and O–H groups in total. The molecule has 0 aromatic heterocycles. The van der Waals surface area contributed by atoms with E-state index in [0.29, 0.717) is 23.6 Å². The van der Waals surface area contributed by atoms with E-state index in [1.165, 1.54) is 13.2 Å². The minimum Gasteiger partial charge on any atom is -0.495 e. The number of hydrogen-bond donors (Lipinski definition) is 2. The summed E-state index contributed by atoms with van der Waals surface area (Å²) in [4.78, 5) is 12.6. The standard InChI is InChI=1S/C24H26N2O5S/c1-17-8-4-6-10-21(17)31-15-14-25-24(27)19-13-12-18(2)23(16-19)32(28,29)26-20-9-5-7-11-22(20)30-3/h4-13,16,26H,14-15H2,1-3H3,(H,25,27). The summed E-state index contributed by atoms with van der Waals surface area (Å²) in [6, 6.07) is 18.9. The molecule has 0 aliphatic rings. The molecule has 0 heterocycles. The van der Waals surface area contributed by atoms with Gasteiger partial charge in [0.2, 0.25) is 0 Å². The van der Waals surface area contributed by atoms with Gasteiger partial charge < -0.3 is 14.8 Å². The van der Waals surface area contributed by atoms with E-state index in [4.69, 9.17) is 9.47 Å². The summed E-state index contributed by atoms with van der Waals surface area (Å²) in [5.74, 6) is 0.774. The van der Waals surface area contributed by atoms with E-state index in [2.05, 4.69) is 10.0 Å². The normalized spacial score (nSPS) is 11.0. The smallest absolute Gasteiger partial charge is 0.262 e. The van der Waals surface area contributed by atoms with E-state index in [1.54, 1.807) is 43.3 Å². The molecule has 0 fully saturated rings. The molecule has 0 unspecified atom stereocenters. The molecular weight excluding hydrogens is 428 g/mol. The lowest BCUT2D eigenvalue weighted by atomic mass is 10.1. The van der Waals surface area contributed by atoms with E-state index in [0.717, 1.165) is 11.3 Å². The van der Waals surface area contributed by atoms with Gasteiger partial charge in [0.15, 0.2) is 0 Å². The van der Waals surface area contributed by atoms with Gasteiger partial charge in [-0.15, -0.1) is 0 Å². The first kappa shape index (κ1) is 23.1. The SMILES string of the molecule is COc1ccccc1NS(=O)(=O)c1cc(C(=O)NCCOc2ccccc2C)ccc1C. The molecule has 0 aliphatic carbocycles. The average Bonchev–Trinajstić information content (AvgIpc) is 2.78. The number of amides is 1. The summed E-state index contributed by atoms with van der Waals surface area (Å²) in [6.07, 6.45) is 0. The maximum Gasteiger partial charge on any atom is 0.262 e. The molecule has 0 spiro atoms. The second kappa shape index (κ2) is 10.2. The van der Waals surface area contributed by atoms with Crippen LogP contribution in [0, 0.1) is 13.8 Å². The highest BCUT2D eigenvalue weighted by atomic mass is 32.2. The van der Waals surface area contributed by atoms with E-state index in [9.17, 15) is 13.2 Å². The number of carbonyl (C=O) groups is 1. The molecular formula is C24H26N2O5S. The van der Waals surface area contributed by atoms with Crippen molar-refractivity contribution in [2.45, 2.75) is 18.7 Å². The van der Waals surface area contributed by atoms with Gasteiger partial charge in [-0.05, 0) is 55.3 Å². The van der Waals surface area contributed by atoms with Crippen molar-refractivity contribution in [2.75, 3.05) is 25.0 Å². The third kappa shape index (κ3) is 5.59. The van der Waals surface area contributed by atoms with Crippen LogP contribution in [0.25, 0.3) is 0 Å². The highest BCUT2D eigenvalue weighted by Crippen LogP contribution is 2.27. The van der Waals surface area contributed by atoms with Gasteiger partial charge in [-0.25, -0.2) is 8.42 Å². The molecule has 7 nitrogen and oxygen atoms in total. The van der Waals surface area contributed by atoms with E-state index in [1.807, 2.05) is 31.2 Å². The first-order valence-electron chi connectivity index (χ1n) is 10.0. The van der Waals surface area contributed by atoms with E-state index in [-0.39, 0.29) is 22.9 Å². The fourth-order valence-electron chi connectivity index (χ4n) is 3.11. The quantitative estimate of drug-likeness (QED) is 0.478. The second-order valence-electron chi connectivity index (χ2n) is 7.16. The van der Waals surface area contributed by atoms with Crippen molar-refractivity contribution in [3.05, 3.63) is 83.4 Å². The third-order valence-corrected chi connectivity index (χ3v) is 6.34. The zero-order chi connectivity index (χ0) is 23.1. The van der Waals surface area contributed by atoms with Gasteiger partial charge in [0.05, 0.1) is 24.2 Å². The van der Waals surface area contributed by atoms with Gasteiger partial charge in [-0.3, -0.25) is 9.52 Å². The number of anilines is 1. The van der Waals surface area contributed by atoms with Crippen LogP contribution in [0.5, 0.6) is 11.5 Å². The van der Waals surface area contributed by atoms with E-state index < -0.39 is 10.0 Å². The van der Waals surface area contributed by atoms with Crippen LogP contribution in [-0.4, -0.2) is 34.6 Å². The summed E-state index contributed by atoms with van der Waals surface area (Å²) in [7, 11) is -2.47. The number of para-hydroxylation sites is 3. The number of benzene rings is 3. The summed E-state index contributed by atoms with van der Waals surface area (Å²) in [5, 5.41) is 2.76. The number of aryl methyl sites for hydroxylation is 2. The highest BCUT2D eigenvalue weighted by molar-refractivity contribution is 7.92. The maximum absolute atomic E-state index is 13.0. The number of nitrogens with one attached hydrogen (secondary N) is 2. The number of sulfonamides is 1. The van der Waals surface area contributed by atoms with Gasteiger partial charge in [0.1, 0.15) is 18.1 Å². The fourth-order valence-corrected chi connectivity index (χ4v) is 4.45. The Morgan fingerprint density at radius 2 is 1.59 bits per heavy atom. The zero-order valence-corrected chi connectivity index (χ0v) is 19.0. The van der Waals surface area contributed by atoms with Crippen LogP contribution in [0.1, 0.15) is 21.5 Å². The lowest BCUT2D eigenvalue weighted by Gasteiger charge is -2.14. The Morgan fingerprint density at radius 3 is 2.31 bits per heavy atom. The number of ether oxygens (including phenoxy) is 2. The predicted molar refractivity (Wildman–Crippen MR) is 124 cm³/mol. The molecule has 3 rings (SSSR count). The Hall–Kier alpha value is -3.52. The predicted octanol–water partition coefficient (Wildman–Crippen LogP) is 3.92. The van der Waals surface area contributed by atoms with Crippen LogP contribution < -0.4 is 19.5 Å². The van der Waals surface area contributed by atoms with Crippen molar-refractivity contribution >= 4 is 21.6 Å². The minimum atomic E-state index is -3.93. The van der Waals surface area contributed by atoms with Crippen LogP contribution in [0.3, 0.4) is 0 Å². The Labute approximate surface area is 188 Å². The summed E-state index contributed by atoms with van der Waals surface area (Å²) in [6.45, 7) is 4.20. The molecule has 0 aliphatic heterocycles. The van der Waals surface area contributed by atoms with Gasteiger partial charge in [0, 0.05) is 5.56 Å². The molecule has 32 heavy (non-hydrogen) atoms. The third-order valence-electron chi connectivity index (χ3n) is 4.83. The monoisotopic (exact) mass is 454 g/mol. The van der Waals surface area contributed by atoms with Gasteiger partial charge in [-0.1, -0.05) is 36.4 Å². The van der Waals surface area contributed by atoms with Crippen molar-refractivity contribution in [2.24, 2.45) is 0 Å². The Morgan fingerprint density at radius 1 is 0.906 bits per heavy atom. The van der Waals surface area contributed by atoms with Gasteiger partial charge in [-0.2, -0.15) is 0 Å². The Balaban J connectivity index is 1.69. The molecule has 0 atom stereocenters. The number of rotatable bonds is 9. The molecule has 0 saturated heterocycles. The van der Waals surface area contributed by atoms with Crippen molar-refractivity contribution in [1.29, 1.82) is 0 Å². The summed E-state index contributed by atoms with van der Waals surface area (Å²) >= 11 is 0. The number of methoxy groups -OCH3 is 1. The number of hydrogen-bond acceptors (Lipinski definition) is 5. The van der Waals surface area contributed by atoms with Crippen LogP contribution in [-0.2, 0) is 10.0 Å². The van der Waals surface area contributed by atoms with Crippen LogP contribution in [0.2, 0.25) is 0 Å². The average molecular weight is 455 g/mol. The first-order valence-corrected chi connectivity index (χ1v) is 11.5. The van der Waals surface area contributed by atoms with Crippen LogP contribution in [0.15, 0.2) is 71.6 Å². The Bertz CT molecular complexity index is 1210. The minimum absolute atomic E-state index is 0.0206. The lowest BCUT2D eigenvalue weighted by molar-refractivity contribution is 0.0946. The summed E-state index contributed by atoms with van der Waals surface area (Å²) in [5.41, 5.74) is 2.09.